The SMILES string of the molecule is C#CCN1CCC(C)CC1CN. The molecule has 68 valence electrons. The van der Waals surface area contributed by atoms with Crippen molar-refractivity contribution in [3.8, 4) is 12.3 Å². The number of piperidine rings is 1. The quantitative estimate of drug-likeness (QED) is 0.611. The van der Waals surface area contributed by atoms with E-state index < -0.39 is 0 Å². The number of rotatable bonds is 2. The van der Waals surface area contributed by atoms with Crippen molar-refractivity contribution >= 4 is 0 Å². The van der Waals surface area contributed by atoms with Crippen LogP contribution in [0.25, 0.3) is 0 Å². The van der Waals surface area contributed by atoms with Gasteiger partial charge in [0.05, 0.1) is 6.54 Å². The van der Waals surface area contributed by atoms with E-state index in [2.05, 4.69) is 17.7 Å². The van der Waals surface area contributed by atoms with Crippen LogP contribution in [0.5, 0.6) is 0 Å². The lowest BCUT2D eigenvalue weighted by atomic mass is 9.92. The van der Waals surface area contributed by atoms with Gasteiger partial charge in [-0.15, -0.1) is 6.42 Å². The van der Waals surface area contributed by atoms with Gasteiger partial charge in [-0.25, -0.2) is 0 Å². The molecular formula is C10H18N2. The minimum Gasteiger partial charge on any atom is -0.329 e. The van der Waals surface area contributed by atoms with Gasteiger partial charge in [-0.1, -0.05) is 12.8 Å². The summed E-state index contributed by atoms with van der Waals surface area (Å²) in [6.45, 7) is 4.91. The summed E-state index contributed by atoms with van der Waals surface area (Å²) in [6.07, 6.45) is 7.75. The van der Waals surface area contributed by atoms with Gasteiger partial charge in [0.25, 0.3) is 0 Å². The van der Waals surface area contributed by atoms with Crippen LogP contribution in [0.15, 0.2) is 0 Å². The van der Waals surface area contributed by atoms with Crippen molar-refractivity contribution in [2.24, 2.45) is 11.7 Å². The molecule has 12 heavy (non-hydrogen) atoms. The van der Waals surface area contributed by atoms with Crippen molar-refractivity contribution in [3.63, 3.8) is 0 Å². The zero-order valence-corrected chi connectivity index (χ0v) is 7.79. The van der Waals surface area contributed by atoms with Gasteiger partial charge in [-0.3, -0.25) is 4.90 Å². The van der Waals surface area contributed by atoms with Crippen molar-refractivity contribution in [1.82, 2.24) is 4.90 Å². The molecule has 0 saturated carbocycles. The standard InChI is InChI=1S/C10H18N2/c1-3-5-12-6-4-9(2)7-10(12)8-11/h1,9-10H,4-8,11H2,2H3. The molecule has 0 aromatic carbocycles. The summed E-state index contributed by atoms with van der Waals surface area (Å²) in [4.78, 5) is 2.32. The number of nitrogens with zero attached hydrogens (tertiary/aromatic N) is 1. The number of nitrogens with two attached hydrogens (primary N) is 1. The first kappa shape index (κ1) is 9.57. The minimum absolute atomic E-state index is 0.518. The van der Waals surface area contributed by atoms with Crippen molar-refractivity contribution in [1.29, 1.82) is 0 Å². The Morgan fingerprint density at radius 1 is 1.67 bits per heavy atom. The highest BCUT2D eigenvalue weighted by atomic mass is 15.2. The molecule has 2 atom stereocenters. The van der Waals surface area contributed by atoms with E-state index in [1.54, 1.807) is 0 Å². The highest BCUT2D eigenvalue weighted by Gasteiger charge is 2.23. The van der Waals surface area contributed by atoms with Crippen molar-refractivity contribution < 1.29 is 0 Å². The summed E-state index contributed by atoms with van der Waals surface area (Å²) < 4.78 is 0. The summed E-state index contributed by atoms with van der Waals surface area (Å²) in [5, 5.41) is 0. The normalized spacial score (nSPS) is 31.4. The van der Waals surface area contributed by atoms with Crippen LogP contribution in [0.4, 0.5) is 0 Å². The molecule has 2 unspecified atom stereocenters. The molecule has 1 saturated heterocycles. The molecule has 1 rings (SSSR count). The smallest absolute Gasteiger partial charge is 0.0601 e. The number of hydrogen-bond donors (Lipinski definition) is 1. The van der Waals surface area contributed by atoms with E-state index in [9.17, 15) is 0 Å². The van der Waals surface area contributed by atoms with Crippen LogP contribution in [0.2, 0.25) is 0 Å². The fourth-order valence-electron chi connectivity index (χ4n) is 1.87. The van der Waals surface area contributed by atoms with Gasteiger partial charge in [-0.2, -0.15) is 0 Å². The summed E-state index contributed by atoms with van der Waals surface area (Å²) in [7, 11) is 0. The first-order valence-corrected chi connectivity index (χ1v) is 4.65. The first-order chi connectivity index (χ1) is 5.77. The summed E-state index contributed by atoms with van der Waals surface area (Å²) in [6, 6.07) is 0.518. The van der Waals surface area contributed by atoms with Gasteiger partial charge in [0, 0.05) is 12.6 Å². The van der Waals surface area contributed by atoms with Crippen molar-refractivity contribution in [3.05, 3.63) is 0 Å². The predicted octanol–water partition coefficient (Wildman–Crippen LogP) is 0.679. The van der Waals surface area contributed by atoms with Crippen LogP contribution in [0, 0.1) is 18.3 Å². The van der Waals surface area contributed by atoms with Crippen LogP contribution in [0.3, 0.4) is 0 Å². The molecule has 1 aliphatic heterocycles. The van der Waals surface area contributed by atoms with E-state index in [1.165, 1.54) is 12.8 Å². The van der Waals surface area contributed by atoms with Gasteiger partial charge >= 0.3 is 0 Å². The highest BCUT2D eigenvalue weighted by molar-refractivity contribution is 4.92. The molecule has 0 aliphatic carbocycles. The maximum atomic E-state index is 5.68. The third kappa shape index (κ3) is 2.23. The fraction of sp³-hybridized carbons (Fsp3) is 0.800. The highest BCUT2D eigenvalue weighted by Crippen LogP contribution is 2.20. The Morgan fingerprint density at radius 2 is 2.42 bits per heavy atom. The molecule has 2 heteroatoms. The Bertz CT molecular complexity index is 171. The Morgan fingerprint density at radius 3 is 3.00 bits per heavy atom. The van der Waals surface area contributed by atoms with Gasteiger partial charge in [-0.05, 0) is 25.3 Å². The van der Waals surface area contributed by atoms with Crippen molar-refractivity contribution in [2.75, 3.05) is 19.6 Å². The molecule has 0 amide bonds. The maximum Gasteiger partial charge on any atom is 0.0601 e. The van der Waals surface area contributed by atoms with E-state index in [0.717, 1.165) is 25.6 Å². The van der Waals surface area contributed by atoms with E-state index in [0.29, 0.717) is 6.04 Å². The van der Waals surface area contributed by atoms with Gasteiger partial charge < -0.3 is 5.73 Å². The van der Waals surface area contributed by atoms with Gasteiger partial charge in [0.15, 0.2) is 0 Å². The number of terminal acetylenes is 1. The van der Waals surface area contributed by atoms with E-state index in [-0.39, 0.29) is 0 Å². The Kier molecular flexibility index (Phi) is 3.58. The molecule has 0 aromatic rings. The third-order valence-corrected chi connectivity index (χ3v) is 2.67. The Balaban J connectivity index is 2.45. The van der Waals surface area contributed by atoms with Crippen molar-refractivity contribution in [2.45, 2.75) is 25.8 Å². The number of likely N-dealkylation sites (tertiary alicyclic amines) is 1. The Labute approximate surface area is 75.1 Å². The average Bonchev–Trinajstić information content (AvgIpc) is 2.08. The second kappa shape index (κ2) is 4.49. The van der Waals surface area contributed by atoms with E-state index in [1.807, 2.05) is 0 Å². The van der Waals surface area contributed by atoms with Crippen LogP contribution >= 0.6 is 0 Å². The summed E-state index contributed by atoms with van der Waals surface area (Å²) in [5.74, 6) is 3.50. The number of hydrogen-bond acceptors (Lipinski definition) is 2. The Hall–Kier alpha value is -0.520. The molecule has 1 aliphatic rings. The molecule has 2 N–H and O–H groups in total. The van der Waals surface area contributed by atoms with E-state index in [4.69, 9.17) is 12.2 Å². The van der Waals surface area contributed by atoms with Gasteiger partial charge in [0.2, 0.25) is 0 Å². The second-order valence-corrected chi connectivity index (χ2v) is 3.69. The zero-order chi connectivity index (χ0) is 8.97. The average molecular weight is 166 g/mol. The van der Waals surface area contributed by atoms with Crippen LogP contribution in [-0.4, -0.2) is 30.6 Å². The fourth-order valence-corrected chi connectivity index (χ4v) is 1.87. The predicted molar refractivity (Wildman–Crippen MR) is 51.6 cm³/mol. The lowest BCUT2D eigenvalue weighted by Crippen LogP contribution is -2.46. The molecule has 1 heterocycles. The summed E-state index contributed by atoms with van der Waals surface area (Å²) >= 11 is 0. The molecule has 0 aromatic heterocycles. The molecule has 0 bridgehead atoms. The van der Waals surface area contributed by atoms with E-state index >= 15 is 0 Å². The van der Waals surface area contributed by atoms with Gasteiger partial charge in [0.1, 0.15) is 0 Å². The lowest BCUT2D eigenvalue weighted by molar-refractivity contribution is 0.139. The van der Waals surface area contributed by atoms with Crippen LogP contribution in [-0.2, 0) is 0 Å². The van der Waals surface area contributed by atoms with Crippen LogP contribution < -0.4 is 5.73 Å². The lowest BCUT2D eigenvalue weighted by Gasteiger charge is -2.36. The first-order valence-electron chi connectivity index (χ1n) is 4.65. The molecule has 1 fully saturated rings. The minimum atomic E-state index is 0.518. The molecular weight excluding hydrogens is 148 g/mol. The molecule has 0 spiro atoms. The molecule has 2 nitrogen and oxygen atoms in total. The maximum absolute atomic E-state index is 5.68. The third-order valence-electron chi connectivity index (χ3n) is 2.67. The van der Waals surface area contributed by atoms with Crippen LogP contribution in [0.1, 0.15) is 19.8 Å². The monoisotopic (exact) mass is 166 g/mol. The zero-order valence-electron chi connectivity index (χ0n) is 7.79. The second-order valence-electron chi connectivity index (χ2n) is 3.69. The molecule has 0 radical (unpaired) electrons. The summed E-state index contributed by atoms with van der Waals surface area (Å²) in [5.41, 5.74) is 5.68. The topological polar surface area (TPSA) is 29.3 Å². The largest absolute Gasteiger partial charge is 0.329 e.